The molecule has 0 radical (unpaired) electrons. The molecule has 0 spiro atoms. The van der Waals surface area contributed by atoms with Gasteiger partial charge in [-0.25, -0.2) is 0 Å². The summed E-state index contributed by atoms with van der Waals surface area (Å²) < 4.78 is 0. The van der Waals surface area contributed by atoms with Crippen LogP contribution in [-0.4, -0.2) is 17.3 Å². The molecule has 0 fully saturated rings. The summed E-state index contributed by atoms with van der Waals surface area (Å²) in [5, 5.41) is 0. The largest absolute Gasteiger partial charge is 0.299 e. The summed E-state index contributed by atoms with van der Waals surface area (Å²) in [6.45, 7) is 21.3. The summed E-state index contributed by atoms with van der Waals surface area (Å²) in [6.07, 6.45) is 8.98. The molecule has 0 amide bonds. The normalized spacial score (nSPS) is 16.9. The number of carbonyl (C=O) groups excluding carboxylic acids is 3. The predicted molar refractivity (Wildman–Crippen MR) is 162 cm³/mol. The van der Waals surface area contributed by atoms with Crippen LogP contribution in [0.25, 0.3) is 0 Å². The number of benzene rings is 1. The molecule has 38 heavy (non-hydrogen) atoms. The second-order valence-corrected chi connectivity index (χ2v) is 13.0. The lowest BCUT2D eigenvalue weighted by Crippen LogP contribution is -2.31. The van der Waals surface area contributed by atoms with Gasteiger partial charge in [0.2, 0.25) is 0 Å². The van der Waals surface area contributed by atoms with Crippen LogP contribution in [0, 0.1) is 30.1 Å². The lowest BCUT2D eigenvalue weighted by molar-refractivity contribution is -0.131. The molecule has 216 valence electrons. The highest BCUT2D eigenvalue weighted by Gasteiger charge is 2.34. The Morgan fingerprint density at radius 2 is 1.63 bits per heavy atom. The van der Waals surface area contributed by atoms with E-state index in [1.54, 1.807) is 0 Å². The minimum atomic E-state index is -0.0910. The van der Waals surface area contributed by atoms with E-state index in [4.69, 9.17) is 0 Å². The fraction of sp³-hybridized carbons (Fsp3) is 0.743. The topological polar surface area (TPSA) is 51.2 Å². The second-order valence-electron chi connectivity index (χ2n) is 13.0. The summed E-state index contributed by atoms with van der Waals surface area (Å²) in [4.78, 5) is 39.4. The van der Waals surface area contributed by atoms with Crippen LogP contribution in [0.2, 0.25) is 0 Å². The Balaban J connectivity index is 0.00000229. The number of hydrogen-bond donors (Lipinski definition) is 0. The zero-order valence-electron chi connectivity index (χ0n) is 26.5. The lowest BCUT2D eigenvalue weighted by Gasteiger charge is -2.33. The van der Waals surface area contributed by atoms with Crippen LogP contribution in [0.4, 0.5) is 0 Å². The van der Waals surface area contributed by atoms with Crippen LogP contribution >= 0.6 is 0 Å². The van der Waals surface area contributed by atoms with Crippen molar-refractivity contribution in [3.05, 3.63) is 34.4 Å². The fourth-order valence-electron chi connectivity index (χ4n) is 6.61. The van der Waals surface area contributed by atoms with Gasteiger partial charge in [-0.3, -0.25) is 14.4 Å². The van der Waals surface area contributed by atoms with Gasteiger partial charge in [0.05, 0.1) is 6.42 Å². The minimum Gasteiger partial charge on any atom is -0.299 e. The van der Waals surface area contributed by atoms with Crippen LogP contribution in [0.5, 0.6) is 0 Å². The Bertz CT molecular complexity index is 908. The maximum Gasteiger partial charge on any atom is 0.163 e. The highest BCUT2D eigenvalue weighted by Crippen LogP contribution is 2.39. The minimum absolute atomic E-state index is 0.0429. The molecular weight excluding hydrogens is 468 g/mol. The van der Waals surface area contributed by atoms with Crippen LogP contribution < -0.4 is 0 Å². The summed E-state index contributed by atoms with van der Waals surface area (Å²) in [5.41, 5.74) is 4.52. The quantitative estimate of drug-likeness (QED) is 0.227. The first-order valence-corrected chi connectivity index (χ1v) is 15.5. The van der Waals surface area contributed by atoms with Crippen molar-refractivity contribution in [2.45, 2.75) is 146 Å². The number of ketones is 3. The van der Waals surface area contributed by atoms with Gasteiger partial charge in [0, 0.05) is 24.3 Å². The van der Waals surface area contributed by atoms with Crippen molar-refractivity contribution < 1.29 is 14.4 Å². The molecule has 1 aromatic rings. The zero-order valence-corrected chi connectivity index (χ0v) is 26.5. The van der Waals surface area contributed by atoms with E-state index in [2.05, 4.69) is 74.4 Å². The number of carbonyl (C=O) groups is 3. The Hall–Kier alpha value is -1.77. The maximum absolute atomic E-state index is 13.3. The molecule has 2 rings (SSSR count). The van der Waals surface area contributed by atoms with Gasteiger partial charge in [-0.1, -0.05) is 100 Å². The van der Waals surface area contributed by atoms with Crippen molar-refractivity contribution in [3.8, 4) is 0 Å². The van der Waals surface area contributed by atoms with Gasteiger partial charge < -0.3 is 0 Å². The van der Waals surface area contributed by atoms with Crippen molar-refractivity contribution in [2.24, 2.45) is 23.2 Å². The average Bonchev–Trinajstić information content (AvgIpc) is 2.79. The predicted octanol–water partition coefficient (Wildman–Crippen LogP) is 9.86. The van der Waals surface area contributed by atoms with Crippen molar-refractivity contribution in [3.63, 3.8) is 0 Å². The third-order valence-corrected chi connectivity index (χ3v) is 8.12. The molecule has 3 unspecified atom stereocenters. The molecule has 3 atom stereocenters. The highest BCUT2D eigenvalue weighted by molar-refractivity contribution is 6.01. The number of Topliss-reactive ketones (excluding diaryl/α,β-unsaturated/α-hetero) is 3. The fourth-order valence-corrected chi connectivity index (χ4v) is 6.61. The SMILES string of the molecule is CCC.CCCC(CC1CC(=O)c2c(C)ccc(C(C)C)c2C1)C(CC)C(=O)CC(=O)CC(C)(C)CCC. The standard InChI is InChI=1S/C32H50O3.C3H8/c1-9-12-24(26(11-3)29(34)19-25(33)20-32(7,8)15-10-2)16-23-17-28-27(21(4)5)14-13-22(6)31(28)30(35)18-23;1-3-2/h13-14,21,23-24,26H,9-12,15-20H2,1-8H3;3H2,1-2H3. The molecular formula is C35H58O3. The Kier molecular flexibility index (Phi) is 14.7. The Morgan fingerprint density at radius 3 is 2.16 bits per heavy atom. The first-order chi connectivity index (χ1) is 17.8. The highest BCUT2D eigenvalue weighted by atomic mass is 16.1. The molecule has 1 aromatic carbocycles. The Morgan fingerprint density at radius 1 is 1.00 bits per heavy atom. The van der Waals surface area contributed by atoms with E-state index in [0.717, 1.165) is 56.1 Å². The van der Waals surface area contributed by atoms with E-state index in [1.165, 1.54) is 17.5 Å². The smallest absolute Gasteiger partial charge is 0.163 e. The molecule has 0 heterocycles. The summed E-state index contributed by atoms with van der Waals surface area (Å²) in [7, 11) is 0. The van der Waals surface area contributed by atoms with Gasteiger partial charge in [0.15, 0.2) is 5.78 Å². The average molecular weight is 527 g/mol. The van der Waals surface area contributed by atoms with Gasteiger partial charge in [-0.2, -0.15) is 0 Å². The van der Waals surface area contributed by atoms with Crippen LogP contribution in [0.1, 0.15) is 159 Å². The number of fused-ring (bicyclic) bond motifs is 1. The third-order valence-electron chi connectivity index (χ3n) is 8.12. The first kappa shape index (κ1) is 34.3. The summed E-state index contributed by atoms with van der Waals surface area (Å²) >= 11 is 0. The third kappa shape index (κ3) is 10.1. The number of rotatable bonds is 14. The monoisotopic (exact) mass is 526 g/mol. The van der Waals surface area contributed by atoms with Gasteiger partial charge in [0.1, 0.15) is 11.6 Å². The maximum atomic E-state index is 13.3. The first-order valence-electron chi connectivity index (χ1n) is 15.5. The molecule has 1 aliphatic carbocycles. The van der Waals surface area contributed by atoms with Gasteiger partial charge in [-0.05, 0) is 72.5 Å². The van der Waals surface area contributed by atoms with E-state index >= 15 is 0 Å². The van der Waals surface area contributed by atoms with Gasteiger partial charge in [-0.15, -0.1) is 0 Å². The number of aryl methyl sites for hydroxylation is 1. The van der Waals surface area contributed by atoms with Crippen molar-refractivity contribution in [2.75, 3.05) is 0 Å². The summed E-state index contributed by atoms with van der Waals surface area (Å²) in [6, 6.07) is 4.29. The van der Waals surface area contributed by atoms with Crippen LogP contribution in [0.3, 0.4) is 0 Å². The zero-order chi connectivity index (χ0) is 29.0. The van der Waals surface area contributed by atoms with Crippen LogP contribution in [-0.2, 0) is 16.0 Å². The van der Waals surface area contributed by atoms with E-state index in [0.29, 0.717) is 18.8 Å². The van der Waals surface area contributed by atoms with Crippen LogP contribution in [0.15, 0.2) is 12.1 Å². The van der Waals surface area contributed by atoms with E-state index in [1.807, 2.05) is 6.92 Å². The molecule has 0 N–H and O–H groups in total. The van der Waals surface area contributed by atoms with Gasteiger partial charge >= 0.3 is 0 Å². The molecule has 0 aliphatic heterocycles. The Labute approximate surface area is 234 Å². The molecule has 3 heteroatoms. The van der Waals surface area contributed by atoms with Crippen molar-refractivity contribution in [1.29, 1.82) is 0 Å². The summed E-state index contributed by atoms with van der Waals surface area (Å²) in [5.74, 6) is 1.26. The molecule has 3 nitrogen and oxygen atoms in total. The molecule has 0 saturated carbocycles. The molecule has 1 aliphatic rings. The van der Waals surface area contributed by atoms with E-state index in [9.17, 15) is 14.4 Å². The van der Waals surface area contributed by atoms with E-state index in [-0.39, 0.29) is 46.9 Å². The van der Waals surface area contributed by atoms with Gasteiger partial charge in [0.25, 0.3) is 0 Å². The van der Waals surface area contributed by atoms with Crippen molar-refractivity contribution >= 4 is 17.3 Å². The molecule has 0 bridgehead atoms. The number of hydrogen-bond acceptors (Lipinski definition) is 3. The lowest BCUT2D eigenvalue weighted by atomic mass is 9.70. The second kappa shape index (κ2) is 16.4. The molecule has 0 aromatic heterocycles. The van der Waals surface area contributed by atoms with E-state index < -0.39 is 0 Å². The molecule has 0 saturated heterocycles. The van der Waals surface area contributed by atoms with Crippen molar-refractivity contribution in [1.82, 2.24) is 0 Å².